The van der Waals surface area contributed by atoms with Crippen molar-refractivity contribution in [1.29, 1.82) is 0 Å². The number of carboxylic acid groups (broad SMARTS) is 1. The van der Waals surface area contributed by atoms with Crippen LogP contribution < -0.4 is 14.8 Å². The number of amides is 1. The molecule has 0 aliphatic carbocycles. The first-order valence-electron chi connectivity index (χ1n) is 7.13. The fraction of sp³-hybridized carbons (Fsp3) is 0.500. The summed E-state index contributed by atoms with van der Waals surface area (Å²) in [6.07, 6.45) is 0.592. The van der Waals surface area contributed by atoms with Gasteiger partial charge in [0.15, 0.2) is 0 Å². The van der Waals surface area contributed by atoms with Crippen molar-refractivity contribution in [3.8, 4) is 5.75 Å². The second kappa shape index (κ2) is 9.31. The molecule has 0 spiro atoms. The van der Waals surface area contributed by atoms with Crippen LogP contribution >= 0.6 is 0 Å². The van der Waals surface area contributed by atoms with Crippen molar-refractivity contribution in [1.82, 2.24) is 10.0 Å². The molecule has 23 heavy (non-hydrogen) atoms. The zero-order chi connectivity index (χ0) is 17.3. The predicted octanol–water partition coefficient (Wildman–Crippen LogP) is 1.69. The zero-order valence-corrected chi connectivity index (χ0v) is 13.7. The molecular weight excluding hydrogens is 327 g/mol. The summed E-state index contributed by atoms with van der Waals surface area (Å²) in [5.74, 6) is -0.141. The monoisotopic (exact) mass is 348 g/mol. The molecule has 130 valence electrons. The van der Waals surface area contributed by atoms with Gasteiger partial charge in [0.05, 0.1) is 12.4 Å². The van der Waals surface area contributed by atoms with Crippen molar-refractivity contribution in [3.63, 3.8) is 0 Å². The second-order valence-corrected chi connectivity index (χ2v) is 6.89. The van der Waals surface area contributed by atoms with Gasteiger partial charge in [-0.3, -0.25) is 0 Å². The van der Waals surface area contributed by atoms with E-state index in [1.807, 2.05) is 0 Å². The summed E-state index contributed by atoms with van der Waals surface area (Å²) in [6, 6.07) is 3.89. The Bertz CT molecular complexity index is 622. The van der Waals surface area contributed by atoms with E-state index in [4.69, 9.17) is 9.84 Å². The topological polar surface area (TPSA) is 105 Å². The first-order chi connectivity index (χ1) is 10.8. The number of unbranched alkanes of at least 4 members (excludes halogenated alkanes) is 2. The molecule has 0 bridgehead atoms. The van der Waals surface area contributed by atoms with Crippen LogP contribution in [0.15, 0.2) is 18.2 Å². The third-order valence-corrected chi connectivity index (χ3v) is 4.53. The van der Waals surface area contributed by atoms with E-state index in [1.165, 1.54) is 25.2 Å². The first kappa shape index (κ1) is 19.2. The Balaban J connectivity index is 2.41. The molecule has 0 fully saturated rings. The number of nitrogens with one attached hydrogen (secondary N) is 2. The third-order valence-electron chi connectivity index (χ3n) is 3.09. The molecular formula is C14H21FN2O5S. The average Bonchev–Trinajstić information content (AvgIpc) is 2.49. The van der Waals surface area contributed by atoms with E-state index in [-0.39, 0.29) is 18.0 Å². The maximum atomic E-state index is 13.3. The highest BCUT2D eigenvalue weighted by atomic mass is 32.2. The Morgan fingerprint density at radius 3 is 2.70 bits per heavy atom. The van der Waals surface area contributed by atoms with Crippen molar-refractivity contribution in [2.24, 2.45) is 0 Å². The molecule has 0 radical (unpaired) electrons. The number of sulfonamides is 1. The van der Waals surface area contributed by atoms with E-state index in [1.54, 1.807) is 0 Å². The fourth-order valence-electron chi connectivity index (χ4n) is 1.83. The number of carbonyl (C=O) groups is 1. The third kappa shape index (κ3) is 7.80. The van der Waals surface area contributed by atoms with E-state index >= 15 is 0 Å². The molecule has 1 rings (SSSR count). The van der Waals surface area contributed by atoms with Crippen LogP contribution in [0.2, 0.25) is 0 Å². The lowest BCUT2D eigenvalue weighted by molar-refractivity contribution is 0.193. The van der Waals surface area contributed by atoms with Crippen molar-refractivity contribution in [3.05, 3.63) is 29.6 Å². The summed E-state index contributed by atoms with van der Waals surface area (Å²) in [5.41, 5.74) is 0.534. The molecule has 0 heterocycles. The van der Waals surface area contributed by atoms with Crippen LogP contribution in [0.4, 0.5) is 9.18 Å². The number of halogens is 1. The quantitative estimate of drug-likeness (QED) is 0.558. The van der Waals surface area contributed by atoms with Crippen LogP contribution in [-0.2, 0) is 16.6 Å². The molecule has 9 heteroatoms. The summed E-state index contributed by atoms with van der Waals surface area (Å²) in [5, 5.41) is 10.8. The highest BCUT2D eigenvalue weighted by molar-refractivity contribution is 7.89. The number of rotatable bonds is 10. The van der Waals surface area contributed by atoms with Gasteiger partial charge < -0.3 is 15.2 Å². The van der Waals surface area contributed by atoms with Crippen molar-refractivity contribution >= 4 is 16.1 Å². The minimum absolute atomic E-state index is 0.0192. The van der Waals surface area contributed by atoms with Crippen LogP contribution in [-0.4, -0.2) is 39.0 Å². The lowest BCUT2D eigenvalue weighted by atomic mass is 10.2. The largest absolute Gasteiger partial charge is 0.493 e. The van der Waals surface area contributed by atoms with Gasteiger partial charge in [0, 0.05) is 18.2 Å². The van der Waals surface area contributed by atoms with Crippen molar-refractivity contribution in [2.45, 2.75) is 25.8 Å². The van der Waals surface area contributed by atoms with Crippen molar-refractivity contribution in [2.75, 3.05) is 19.4 Å². The van der Waals surface area contributed by atoms with Crippen LogP contribution in [0.5, 0.6) is 5.75 Å². The van der Waals surface area contributed by atoms with Gasteiger partial charge in [-0.2, -0.15) is 0 Å². The van der Waals surface area contributed by atoms with Gasteiger partial charge in [-0.05, 0) is 32.4 Å². The van der Waals surface area contributed by atoms with Crippen LogP contribution in [0.3, 0.4) is 0 Å². The molecule has 0 saturated heterocycles. The molecule has 0 aliphatic rings. The Hall–Kier alpha value is -1.87. The molecule has 0 aliphatic heterocycles. The Morgan fingerprint density at radius 1 is 1.30 bits per heavy atom. The molecule has 3 N–H and O–H groups in total. The molecule has 0 aromatic heterocycles. The summed E-state index contributed by atoms with van der Waals surface area (Å²) < 4.78 is 43.4. The van der Waals surface area contributed by atoms with E-state index < -0.39 is 21.9 Å². The van der Waals surface area contributed by atoms with Gasteiger partial charge in [-0.25, -0.2) is 22.3 Å². The minimum Gasteiger partial charge on any atom is -0.493 e. The van der Waals surface area contributed by atoms with E-state index in [2.05, 4.69) is 10.0 Å². The first-order valence-corrected chi connectivity index (χ1v) is 8.78. The molecule has 0 atom stereocenters. The lowest BCUT2D eigenvalue weighted by Gasteiger charge is -2.11. The second-order valence-electron chi connectivity index (χ2n) is 4.84. The molecule has 0 saturated carbocycles. The summed E-state index contributed by atoms with van der Waals surface area (Å²) in [4.78, 5) is 10.5. The summed E-state index contributed by atoms with van der Waals surface area (Å²) in [6.45, 7) is 0.314. The zero-order valence-electron chi connectivity index (χ0n) is 12.8. The maximum absolute atomic E-state index is 13.3. The lowest BCUT2D eigenvalue weighted by Crippen LogP contribution is -2.22. The maximum Gasteiger partial charge on any atom is 0.404 e. The Labute approximate surface area is 134 Å². The molecule has 1 aromatic carbocycles. The minimum atomic E-state index is -3.19. The van der Waals surface area contributed by atoms with E-state index in [0.717, 1.165) is 0 Å². The predicted molar refractivity (Wildman–Crippen MR) is 83.5 cm³/mol. The summed E-state index contributed by atoms with van der Waals surface area (Å²) >= 11 is 0. The molecule has 1 aromatic rings. The number of benzene rings is 1. The molecule has 0 unspecified atom stereocenters. The Kier molecular flexibility index (Phi) is 7.76. The van der Waals surface area contributed by atoms with Gasteiger partial charge >= 0.3 is 6.09 Å². The average molecular weight is 348 g/mol. The molecule has 7 nitrogen and oxygen atoms in total. The number of hydrogen-bond donors (Lipinski definition) is 3. The molecule has 1 amide bonds. The van der Waals surface area contributed by atoms with E-state index in [9.17, 15) is 17.6 Å². The van der Waals surface area contributed by atoms with E-state index in [0.29, 0.717) is 31.4 Å². The van der Waals surface area contributed by atoms with Gasteiger partial charge in [0.25, 0.3) is 0 Å². The Morgan fingerprint density at radius 2 is 2.04 bits per heavy atom. The summed E-state index contributed by atoms with van der Waals surface area (Å²) in [7, 11) is -1.82. The van der Waals surface area contributed by atoms with Crippen LogP contribution in [0.1, 0.15) is 24.8 Å². The van der Waals surface area contributed by atoms with Crippen LogP contribution in [0.25, 0.3) is 0 Å². The smallest absolute Gasteiger partial charge is 0.404 e. The standard InChI is InChI=1S/C14H21FN2O5S/c1-16-23(20,21)8-4-2-3-7-22-13-9-12(15)6-5-11(13)10-17-14(18)19/h5-6,9,16-17H,2-4,7-8,10H2,1H3,(H,18,19). The van der Waals surface area contributed by atoms with Gasteiger partial charge in [0.1, 0.15) is 11.6 Å². The van der Waals surface area contributed by atoms with Gasteiger partial charge in [-0.15, -0.1) is 0 Å². The highest BCUT2D eigenvalue weighted by Crippen LogP contribution is 2.20. The fourth-order valence-corrected chi connectivity index (χ4v) is 2.62. The normalized spacial score (nSPS) is 11.2. The van der Waals surface area contributed by atoms with Gasteiger partial charge in [0.2, 0.25) is 10.0 Å². The van der Waals surface area contributed by atoms with Crippen molar-refractivity contribution < 1.29 is 27.4 Å². The SMILES string of the molecule is CNS(=O)(=O)CCCCCOc1cc(F)ccc1CNC(=O)O. The number of hydrogen-bond acceptors (Lipinski definition) is 4. The highest BCUT2D eigenvalue weighted by Gasteiger charge is 2.08. The van der Waals surface area contributed by atoms with Gasteiger partial charge in [-0.1, -0.05) is 6.07 Å². The number of ether oxygens (including phenoxy) is 1. The van der Waals surface area contributed by atoms with Crippen LogP contribution in [0, 0.1) is 5.82 Å².